The van der Waals surface area contributed by atoms with Crippen LogP contribution in [0.5, 0.6) is 0 Å². The summed E-state index contributed by atoms with van der Waals surface area (Å²) in [6.45, 7) is 1.85. The lowest BCUT2D eigenvalue weighted by Crippen LogP contribution is -2.66. The highest BCUT2D eigenvalue weighted by Gasteiger charge is 2.52. The van der Waals surface area contributed by atoms with Crippen LogP contribution in [0.2, 0.25) is 0 Å². The molecule has 0 bridgehead atoms. The third-order valence-electron chi connectivity index (χ3n) is 5.77. The number of sulfonamides is 1. The Morgan fingerprint density at radius 3 is 2.54 bits per heavy atom. The van der Waals surface area contributed by atoms with E-state index < -0.39 is 10.4 Å². The minimum Gasteiger partial charge on any atom is -0.593 e. The van der Waals surface area contributed by atoms with Crippen molar-refractivity contribution in [3.63, 3.8) is 0 Å². The van der Waals surface area contributed by atoms with Crippen molar-refractivity contribution in [2.45, 2.75) is 32.1 Å². The van der Waals surface area contributed by atoms with Gasteiger partial charge in [-0.25, -0.2) is 0 Å². The van der Waals surface area contributed by atoms with Gasteiger partial charge in [0.25, 0.3) is 0 Å². The standard InChI is InChI=1S/C18H24N2O3S/c1-24(22,23)20-13-18(10-15-8-4-5-9-16(15)20)11-19(12-18)17(21)14-6-2-3-7-14/h4-5,8-9,14H,2-3,6-7,10-13H2,1H3. The van der Waals surface area contributed by atoms with Gasteiger partial charge >= 0.3 is 0 Å². The molecule has 1 aromatic rings. The van der Waals surface area contributed by atoms with Crippen LogP contribution in [0.1, 0.15) is 31.2 Å². The summed E-state index contributed by atoms with van der Waals surface area (Å²) >= 11 is 0. The molecule has 130 valence electrons. The molecule has 2 heterocycles. The van der Waals surface area contributed by atoms with Gasteiger partial charge in [-0.15, -0.1) is 0 Å². The number of hydrogen-bond acceptors (Lipinski definition) is 3. The highest BCUT2D eigenvalue weighted by Crippen LogP contribution is 2.45. The topological polar surface area (TPSA) is 63.7 Å². The number of amides is 1. The van der Waals surface area contributed by atoms with Crippen molar-refractivity contribution in [2.75, 3.05) is 30.2 Å². The van der Waals surface area contributed by atoms with E-state index in [4.69, 9.17) is 0 Å². The highest BCUT2D eigenvalue weighted by atomic mass is 32.3. The predicted molar refractivity (Wildman–Crippen MR) is 93.2 cm³/mol. The fourth-order valence-corrected chi connectivity index (χ4v) is 5.66. The number of hydrogen-bond donors (Lipinski definition) is 0. The van der Waals surface area contributed by atoms with E-state index in [-0.39, 0.29) is 17.2 Å². The summed E-state index contributed by atoms with van der Waals surface area (Å²) < 4.78 is 26.0. The first-order valence-electron chi connectivity index (χ1n) is 8.72. The number of para-hydroxylation sites is 1. The zero-order chi connectivity index (χ0) is 16.9. The molecular weight excluding hydrogens is 324 g/mol. The van der Waals surface area contributed by atoms with Gasteiger partial charge in [0.1, 0.15) is 16.7 Å². The maximum Gasteiger partial charge on any atom is 0.225 e. The van der Waals surface area contributed by atoms with E-state index in [1.807, 2.05) is 29.2 Å². The average Bonchev–Trinajstić information content (AvgIpc) is 3.04. The second-order valence-electron chi connectivity index (χ2n) is 7.75. The second-order valence-corrected chi connectivity index (χ2v) is 9.66. The van der Waals surface area contributed by atoms with Gasteiger partial charge in [-0.3, -0.25) is 4.79 Å². The molecule has 1 unspecified atom stereocenters. The molecule has 1 amide bonds. The van der Waals surface area contributed by atoms with Crippen molar-refractivity contribution < 1.29 is 13.6 Å². The molecule has 1 aromatic carbocycles. The maximum absolute atomic E-state index is 12.6. The first kappa shape index (κ1) is 16.1. The molecule has 1 aliphatic carbocycles. The fraction of sp³-hybridized carbons (Fsp3) is 0.611. The lowest BCUT2D eigenvalue weighted by atomic mass is 9.72. The van der Waals surface area contributed by atoms with Crippen LogP contribution < -0.4 is 4.31 Å². The zero-order valence-corrected chi connectivity index (χ0v) is 14.9. The maximum atomic E-state index is 12.6. The molecule has 24 heavy (non-hydrogen) atoms. The van der Waals surface area contributed by atoms with Crippen molar-refractivity contribution in [1.29, 1.82) is 0 Å². The molecule has 4 rings (SSSR count). The predicted octanol–water partition coefficient (Wildman–Crippen LogP) is 2.24. The average molecular weight is 348 g/mol. The van der Waals surface area contributed by atoms with Gasteiger partial charge < -0.3 is 9.45 Å². The minimum atomic E-state index is -3.31. The Labute approximate surface area is 144 Å². The molecule has 0 aromatic heterocycles. The van der Waals surface area contributed by atoms with Crippen LogP contribution in [0, 0.1) is 11.3 Å². The molecule has 1 saturated carbocycles. The summed E-state index contributed by atoms with van der Waals surface area (Å²) in [5, 5.41) is 0. The molecule has 0 N–H and O–H groups in total. The summed E-state index contributed by atoms with van der Waals surface area (Å²) in [7, 11) is -3.31. The van der Waals surface area contributed by atoms with Crippen LogP contribution in [-0.4, -0.2) is 41.2 Å². The fourth-order valence-electron chi connectivity index (χ4n) is 4.61. The van der Waals surface area contributed by atoms with Crippen molar-refractivity contribution in [2.24, 2.45) is 11.3 Å². The largest absolute Gasteiger partial charge is 0.593 e. The van der Waals surface area contributed by atoms with E-state index in [1.54, 1.807) is 0 Å². The monoisotopic (exact) mass is 348 g/mol. The van der Waals surface area contributed by atoms with Crippen molar-refractivity contribution in [3.8, 4) is 0 Å². The molecule has 0 radical (unpaired) electrons. The van der Waals surface area contributed by atoms with Crippen LogP contribution in [-0.2, 0) is 25.8 Å². The first-order valence-corrected chi connectivity index (χ1v) is 10.6. The molecule has 5 nitrogen and oxygen atoms in total. The Morgan fingerprint density at radius 2 is 1.88 bits per heavy atom. The number of fused-ring (bicyclic) bond motifs is 1. The normalized spacial score (nSPS) is 25.2. The number of likely N-dealkylation sites (tertiary alicyclic amines) is 1. The lowest BCUT2D eigenvalue weighted by Gasteiger charge is -2.55. The SMILES string of the molecule is C[S+](=O)([O-])N1CC2(Cc3ccccc31)CN(C(=O)C1CCCC1)C2. The highest BCUT2D eigenvalue weighted by molar-refractivity contribution is 7.98. The molecule has 1 saturated heterocycles. The van der Waals surface area contributed by atoms with Gasteiger partial charge in [-0.1, -0.05) is 35.2 Å². The van der Waals surface area contributed by atoms with E-state index in [0.29, 0.717) is 19.6 Å². The van der Waals surface area contributed by atoms with Crippen LogP contribution in [0.3, 0.4) is 0 Å². The zero-order valence-electron chi connectivity index (χ0n) is 14.1. The van der Waals surface area contributed by atoms with Gasteiger partial charge in [0, 0.05) is 24.4 Å². The van der Waals surface area contributed by atoms with E-state index in [2.05, 4.69) is 0 Å². The number of anilines is 1. The van der Waals surface area contributed by atoms with Gasteiger partial charge in [0.2, 0.25) is 5.91 Å². The summed E-state index contributed by atoms with van der Waals surface area (Å²) in [4.78, 5) is 14.5. The Morgan fingerprint density at radius 1 is 1.21 bits per heavy atom. The molecule has 1 spiro atoms. The smallest absolute Gasteiger partial charge is 0.225 e. The molecule has 2 aliphatic heterocycles. The van der Waals surface area contributed by atoms with Gasteiger partial charge in [0.15, 0.2) is 0 Å². The molecule has 6 heteroatoms. The lowest BCUT2D eigenvalue weighted by molar-refractivity contribution is -0.147. The van der Waals surface area contributed by atoms with Crippen molar-refractivity contribution in [1.82, 2.24) is 4.90 Å². The van der Waals surface area contributed by atoms with Crippen molar-refractivity contribution >= 4 is 22.0 Å². The third-order valence-corrected chi connectivity index (χ3v) is 6.90. The van der Waals surface area contributed by atoms with E-state index in [0.717, 1.165) is 43.4 Å². The van der Waals surface area contributed by atoms with Crippen LogP contribution in [0.25, 0.3) is 0 Å². The van der Waals surface area contributed by atoms with Gasteiger partial charge in [-0.2, -0.15) is 4.31 Å². The Hall–Kier alpha value is -1.40. The summed E-state index contributed by atoms with van der Waals surface area (Å²) in [5.41, 5.74) is 1.75. The summed E-state index contributed by atoms with van der Waals surface area (Å²) in [5.74, 6) is 0.479. The number of nitrogens with zero attached hydrogens (tertiary/aromatic N) is 2. The number of rotatable bonds is 2. The Bertz CT molecular complexity index is 702. The van der Waals surface area contributed by atoms with Crippen LogP contribution in [0.4, 0.5) is 5.69 Å². The quantitative estimate of drug-likeness (QED) is 0.770. The number of benzene rings is 1. The molecule has 3 aliphatic rings. The minimum absolute atomic E-state index is 0.119. The first-order chi connectivity index (χ1) is 11.4. The molecular formula is C18H24N2O3S. The van der Waals surface area contributed by atoms with Gasteiger partial charge in [-0.05, 0) is 30.9 Å². The summed E-state index contributed by atoms with van der Waals surface area (Å²) in [6, 6.07) is 7.73. The van der Waals surface area contributed by atoms with Crippen molar-refractivity contribution in [3.05, 3.63) is 29.8 Å². The second kappa shape index (κ2) is 5.56. The number of carbonyl (C=O) groups excluding carboxylic acids is 1. The van der Waals surface area contributed by atoms with Gasteiger partial charge in [0.05, 0.1) is 12.2 Å². The Kier molecular flexibility index (Phi) is 3.73. The third kappa shape index (κ3) is 2.65. The van der Waals surface area contributed by atoms with E-state index >= 15 is 0 Å². The van der Waals surface area contributed by atoms with E-state index in [1.165, 1.54) is 10.6 Å². The Balaban J connectivity index is 1.54. The molecule has 2 fully saturated rings. The van der Waals surface area contributed by atoms with Crippen LogP contribution >= 0.6 is 0 Å². The summed E-state index contributed by atoms with van der Waals surface area (Å²) in [6.07, 6.45) is 6.46. The van der Waals surface area contributed by atoms with Crippen LogP contribution in [0.15, 0.2) is 24.3 Å². The number of carbonyl (C=O) groups is 1. The van der Waals surface area contributed by atoms with E-state index in [9.17, 15) is 13.6 Å². The molecule has 1 atom stereocenters.